The van der Waals surface area contributed by atoms with Crippen LogP contribution in [0, 0.1) is 0 Å². The first-order valence-corrected chi connectivity index (χ1v) is 10.8. The summed E-state index contributed by atoms with van der Waals surface area (Å²) in [5.74, 6) is 0.0168. The van der Waals surface area contributed by atoms with E-state index in [0.717, 1.165) is 37.7 Å². The molecule has 0 atom stereocenters. The lowest BCUT2D eigenvalue weighted by Gasteiger charge is -2.28. The summed E-state index contributed by atoms with van der Waals surface area (Å²) in [5.41, 5.74) is 5.46. The van der Waals surface area contributed by atoms with E-state index in [9.17, 15) is 4.79 Å². The van der Waals surface area contributed by atoms with Crippen LogP contribution in [0.5, 0.6) is 0 Å². The number of benzene rings is 3. The molecular formula is C26H29N3O2. The average Bonchev–Trinajstić information content (AvgIpc) is 2.84. The largest absolute Gasteiger partial charge is 0.378 e. The Morgan fingerprint density at radius 2 is 1.61 bits per heavy atom. The maximum Gasteiger partial charge on any atom is 0.226 e. The zero-order chi connectivity index (χ0) is 21.5. The number of rotatable bonds is 7. The molecule has 0 aliphatic carbocycles. The molecule has 0 spiro atoms. The van der Waals surface area contributed by atoms with Gasteiger partial charge in [-0.1, -0.05) is 48.5 Å². The smallest absolute Gasteiger partial charge is 0.226 e. The zero-order valence-corrected chi connectivity index (χ0v) is 18.0. The number of morpholine rings is 1. The summed E-state index contributed by atoms with van der Waals surface area (Å²) in [4.78, 5) is 17.0. The number of hydrogen-bond donors (Lipinski definition) is 1. The molecule has 3 aromatic rings. The summed E-state index contributed by atoms with van der Waals surface area (Å²) in [5, 5.41) is 3.02. The highest BCUT2D eigenvalue weighted by Gasteiger charge is 2.13. The van der Waals surface area contributed by atoms with Crippen LogP contribution in [0.4, 0.5) is 17.1 Å². The number of nitrogens with zero attached hydrogens (tertiary/aromatic N) is 2. The van der Waals surface area contributed by atoms with E-state index in [4.69, 9.17) is 4.74 Å². The molecular weight excluding hydrogens is 386 g/mol. The van der Waals surface area contributed by atoms with E-state index in [-0.39, 0.29) is 5.91 Å². The van der Waals surface area contributed by atoms with E-state index in [2.05, 4.69) is 51.5 Å². The molecule has 1 N–H and O–H groups in total. The Morgan fingerprint density at radius 1 is 0.935 bits per heavy atom. The maximum atomic E-state index is 12.5. The van der Waals surface area contributed by atoms with Gasteiger partial charge in [0.1, 0.15) is 0 Å². The van der Waals surface area contributed by atoms with Crippen molar-refractivity contribution >= 4 is 23.0 Å². The van der Waals surface area contributed by atoms with Crippen molar-refractivity contribution in [3.05, 3.63) is 78.9 Å². The molecule has 1 saturated heterocycles. The first-order valence-electron chi connectivity index (χ1n) is 10.8. The third-order valence-corrected chi connectivity index (χ3v) is 5.60. The van der Waals surface area contributed by atoms with Crippen molar-refractivity contribution in [2.24, 2.45) is 0 Å². The zero-order valence-electron chi connectivity index (χ0n) is 18.0. The Hall–Kier alpha value is -3.31. The lowest BCUT2D eigenvalue weighted by molar-refractivity contribution is -0.116. The highest BCUT2D eigenvalue weighted by molar-refractivity contribution is 5.91. The first-order chi connectivity index (χ1) is 15.2. The molecule has 0 radical (unpaired) electrons. The molecule has 160 valence electrons. The van der Waals surface area contributed by atoms with Crippen molar-refractivity contribution in [2.45, 2.75) is 6.42 Å². The van der Waals surface area contributed by atoms with Crippen molar-refractivity contribution < 1.29 is 9.53 Å². The second-order valence-electron chi connectivity index (χ2n) is 7.75. The van der Waals surface area contributed by atoms with Gasteiger partial charge in [0.05, 0.1) is 13.2 Å². The minimum Gasteiger partial charge on any atom is -0.378 e. The number of carbonyl (C=O) groups excluding carboxylic acids is 1. The molecule has 3 aromatic carbocycles. The summed E-state index contributed by atoms with van der Waals surface area (Å²) in [6.07, 6.45) is 0.421. The lowest BCUT2D eigenvalue weighted by Crippen LogP contribution is -2.36. The fourth-order valence-corrected chi connectivity index (χ4v) is 3.86. The van der Waals surface area contributed by atoms with Crippen LogP contribution in [0.25, 0.3) is 11.1 Å². The fourth-order valence-electron chi connectivity index (χ4n) is 3.86. The highest BCUT2D eigenvalue weighted by Crippen LogP contribution is 2.30. The van der Waals surface area contributed by atoms with Crippen LogP contribution in [0.2, 0.25) is 0 Å². The van der Waals surface area contributed by atoms with Crippen LogP contribution in [-0.4, -0.2) is 45.8 Å². The average molecular weight is 416 g/mol. The van der Waals surface area contributed by atoms with Gasteiger partial charge < -0.3 is 19.9 Å². The minimum atomic E-state index is 0.0168. The van der Waals surface area contributed by atoms with Gasteiger partial charge >= 0.3 is 0 Å². The van der Waals surface area contributed by atoms with E-state index >= 15 is 0 Å². The molecule has 1 aliphatic heterocycles. The molecule has 0 aromatic heterocycles. The standard InChI is InChI=1S/C26H29N3O2/c1-28(25-10-6-5-9-24(25)21-7-3-2-4-8-21)16-15-26(30)27-22-11-13-23(14-12-22)29-17-19-31-20-18-29/h2-14H,15-20H2,1H3,(H,27,30). The Labute approximate surface area is 184 Å². The number of ether oxygens (including phenoxy) is 1. The van der Waals surface area contributed by atoms with Gasteiger partial charge in [-0.25, -0.2) is 0 Å². The normalized spacial score (nSPS) is 13.6. The summed E-state index contributed by atoms with van der Waals surface area (Å²) >= 11 is 0. The second-order valence-corrected chi connectivity index (χ2v) is 7.75. The van der Waals surface area contributed by atoms with Crippen molar-refractivity contribution in [1.82, 2.24) is 0 Å². The summed E-state index contributed by atoms with van der Waals surface area (Å²) in [7, 11) is 2.03. The number of para-hydroxylation sites is 1. The summed E-state index contributed by atoms with van der Waals surface area (Å²) in [6, 6.07) is 26.7. The van der Waals surface area contributed by atoms with Gasteiger partial charge in [0, 0.05) is 55.7 Å². The van der Waals surface area contributed by atoms with E-state index < -0.39 is 0 Å². The predicted octanol–water partition coefficient (Wildman–Crippen LogP) is 4.66. The number of anilines is 3. The maximum absolute atomic E-state index is 12.5. The van der Waals surface area contributed by atoms with E-state index in [0.29, 0.717) is 13.0 Å². The molecule has 1 amide bonds. The molecule has 1 aliphatic rings. The van der Waals surface area contributed by atoms with Gasteiger partial charge in [0.15, 0.2) is 0 Å². The minimum absolute atomic E-state index is 0.0168. The highest BCUT2D eigenvalue weighted by atomic mass is 16.5. The number of nitrogens with one attached hydrogen (secondary N) is 1. The first kappa shape index (κ1) is 20.9. The van der Waals surface area contributed by atoms with Crippen LogP contribution in [-0.2, 0) is 9.53 Å². The molecule has 0 saturated carbocycles. The molecule has 5 heteroatoms. The molecule has 31 heavy (non-hydrogen) atoms. The van der Waals surface area contributed by atoms with Crippen LogP contribution in [0.15, 0.2) is 78.9 Å². The predicted molar refractivity (Wildman–Crippen MR) is 128 cm³/mol. The SMILES string of the molecule is CN(CCC(=O)Nc1ccc(N2CCOCC2)cc1)c1ccccc1-c1ccccc1. The Kier molecular flexibility index (Phi) is 6.85. The van der Waals surface area contributed by atoms with Gasteiger partial charge in [-0.15, -0.1) is 0 Å². The van der Waals surface area contributed by atoms with Gasteiger partial charge in [-0.05, 0) is 35.9 Å². The fraction of sp³-hybridized carbons (Fsp3) is 0.269. The third-order valence-electron chi connectivity index (χ3n) is 5.60. The number of carbonyl (C=O) groups is 1. The van der Waals surface area contributed by atoms with Gasteiger partial charge in [-0.3, -0.25) is 4.79 Å². The topological polar surface area (TPSA) is 44.8 Å². The van der Waals surface area contributed by atoms with Crippen LogP contribution in [0.3, 0.4) is 0 Å². The van der Waals surface area contributed by atoms with Gasteiger partial charge in [-0.2, -0.15) is 0 Å². The van der Waals surface area contributed by atoms with Crippen LogP contribution >= 0.6 is 0 Å². The van der Waals surface area contributed by atoms with Crippen LogP contribution < -0.4 is 15.1 Å². The second kappa shape index (κ2) is 10.1. The molecule has 0 bridgehead atoms. The lowest BCUT2D eigenvalue weighted by atomic mass is 10.0. The van der Waals surface area contributed by atoms with E-state index in [1.54, 1.807) is 0 Å². The van der Waals surface area contributed by atoms with Crippen molar-refractivity contribution in [3.8, 4) is 11.1 Å². The monoisotopic (exact) mass is 415 g/mol. The van der Waals surface area contributed by atoms with Crippen molar-refractivity contribution in [1.29, 1.82) is 0 Å². The van der Waals surface area contributed by atoms with Crippen LogP contribution in [0.1, 0.15) is 6.42 Å². The summed E-state index contributed by atoms with van der Waals surface area (Å²) < 4.78 is 5.41. The Balaban J connectivity index is 1.33. The molecule has 1 heterocycles. The van der Waals surface area contributed by atoms with Crippen molar-refractivity contribution in [2.75, 3.05) is 55.0 Å². The molecule has 0 unspecified atom stereocenters. The third kappa shape index (κ3) is 5.44. The van der Waals surface area contributed by atoms with Gasteiger partial charge in [0.25, 0.3) is 0 Å². The Bertz CT molecular complexity index is 983. The molecule has 4 rings (SSSR count). The summed E-state index contributed by atoms with van der Waals surface area (Å²) in [6.45, 7) is 3.98. The molecule has 5 nitrogen and oxygen atoms in total. The quantitative estimate of drug-likeness (QED) is 0.610. The van der Waals surface area contributed by atoms with E-state index in [1.807, 2.05) is 49.5 Å². The van der Waals surface area contributed by atoms with E-state index in [1.165, 1.54) is 16.8 Å². The number of amides is 1. The number of hydrogen-bond acceptors (Lipinski definition) is 4. The van der Waals surface area contributed by atoms with Crippen molar-refractivity contribution in [3.63, 3.8) is 0 Å². The molecule has 1 fully saturated rings. The van der Waals surface area contributed by atoms with Gasteiger partial charge in [0.2, 0.25) is 5.91 Å². The Morgan fingerprint density at radius 3 is 2.35 bits per heavy atom.